The predicted molar refractivity (Wildman–Crippen MR) is 107 cm³/mol. The van der Waals surface area contributed by atoms with Crippen LogP contribution in [0.15, 0.2) is 22.5 Å². The Morgan fingerprint density at radius 1 is 1.40 bits per heavy atom. The Morgan fingerprint density at radius 3 is 2.88 bits per heavy atom. The van der Waals surface area contributed by atoms with E-state index >= 15 is 0 Å². The number of likely N-dealkylation sites (tertiary alicyclic amines) is 1. The van der Waals surface area contributed by atoms with Crippen molar-refractivity contribution in [1.29, 1.82) is 0 Å². The van der Waals surface area contributed by atoms with Crippen LogP contribution in [0.1, 0.15) is 38.0 Å². The number of aliphatic hydroxyl groups excluding tert-OH is 1. The first-order chi connectivity index (χ1) is 12.2. The van der Waals surface area contributed by atoms with Gasteiger partial charge in [-0.3, -0.25) is 4.99 Å². The summed E-state index contributed by atoms with van der Waals surface area (Å²) in [7, 11) is 0. The molecule has 6 heteroatoms. The number of aliphatic imine (C=N–C) groups is 1. The summed E-state index contributed by atoms with van der Waals surface area (Å²) in [6.07, 6.45) is 3.95. The summed E-state index contributed by atoms with van der Waals surface area (Å²) in [5.74, 6) is 1.48. The monoisotopic (exact) mass is 366 g/mol. The number of hydrogen-bond acceptors (Lipinski definition) is 4. The van der Waals surface area contributed by atoms with Crippen LogP contribution < -0.4 is 10.6 Å². The minimum atomic E-state index is -0.0852. The summed E-state index contributed by atoms with van der Waals surface area (Å²) in [4.78, 5) is 8.62. The molecule has 142 valence electrons. The first-order valence-electron chi connectivity index (χ1n) is 9.62. The molecule has 3 N–H and O–H groups in total. The van der Waals surface area contributed by atoms with Crippen molar-refractivity contribution in [2.45, 2.75) is 45.6 Å². The molecule has 1 atom stereocenters. The van der Waals surface area contributed by atoms with Crippen molar-refractivity contribution in [3.8, 4) is 0 Å². The average Bonchev–Trinajstić information content (AvgIpc) is 3.11. The quantitative estimate of drug-likeness (QED) is 0.357. The molecule has 2 rings (SSSR count). The maximum atomic E-state index is 9.55. The third-order valence-corrected chi connectivity index (χ3v) is 5.43. The second kappa shape index (κ2) is 11.5. The Kier molecular flexibility index (Phi) is 9.29. The summed E-state index contributed by atoms with van der Waals surface area (Å²) in [6, 6.07) is 4.32. The summed E-state index contributed by atoms with van der Waals surface area (Å²) < 4.78 is 0. The molecular weight excluding hydrogens is 332 g/mol. The van der Waals surface area contributed by atoms with Crippen LogP contribution in [0.25, 0.3) is 0 Å². The van der Waals surface area contributed by atoms with Crippen LogP contribution in [0, 0.1) is 5.92 Å². The van der Waals surface area contributed by atoms with E-state index in [-0.39, 0.29) is 6.10 Å². The maximum Gasteiger partial charge on any atom is 0.191 e. The SMILES string of the molecule is CCNC(=NCC(C)Cc1cccs1)NCCCN1CCC(O)CC1. The second-order valence-electron chi connectivity index (χ2n) is 6.96. The van der Waals surface area contributed by atoms with Gasteiger partial charge in [0.2, 0.25) is 0 Å². The lowest BCUT2D eigenvalue weighted by molar-refractivity contribution is 0.0823. The normalized spacial score (nSPS) is 18.3. The summed E-state index contributed by atoms with van der Waals surface area (Å²) in [6.45, 7) is 10.2. The third kappa shape index (κ3) is 8.21. The van der Waals surface area contributed by atoms with E-state index in [1.807, 2.05) is 11.3 Å². The zero-order valence-electron chi connectivity index (χ0n) is 15.7. The fourth-order valence-corrected chi connectivity index (χ4v) is 3.95. The number of aliphatic hydroxyl groups is 1. The molecule has 0 radical (unpaired) electrons. The van der Waals surface area contributed by atoms with Crippen molar-refractivity contribution in [3.63, 3.8) is 0 Å². The summed E-state index contributed by atoms with van der Waals surface area (Å²) in [5.41, 5.74) is 0. The lowest BCUT2D eigenvalue weighted by Gasteiger charge is -2.29. The lowest BCUT2D eigenvalue weighted by Crippen LogP contribution is -2.40. The van der Waals surface area contributed by atoms with Gasteiger partial charge >= 0.3 is 0 Å². The van der Waals surface area contributed by atoms with Gasteiger partial charge in [0, 0.05) is 37.6 Å². The molecule has 1 unspecified atom stereocenters. The van der Waals surface area contributed by atoms with Crippen molar-refractivity contribution >= 4 is 17.3 Å². The smallest absolute Gasteiger partial charge is 0.191 e. The molecular formula is C19H34N4OS. The summed E-state index contributed by atoms with van der Waals surface area (Å²) in [5, 5.41) is 18.5. The van der Waals surface area contributed by atoms with E-state index in [9.17, 15) is 5.11 Å². The highest BCUT2D eigenvalue weighted by molar-refractivity contribution is 7.09. The largest absolute Gasteiger partial charge is 0.393 e. The molecule has 1 aliphatic rings. The highest BCUT2D eigenvalue weighted by Crippen LogP contribution is 2.14. The zero-order valence-corrected chi connectivity index (χ0v) is 16.5. The van der Waals surface area contributed by atoms with E-state index in [2.05, 4.69) is 46.9 Å². The van der Waals surface area contributed by atoms with Gasteiger partial charge in [0.15, 0.2) is 5.96 Å². The molecule has 0 aliphatic carbocycles. The van der Waals surface area contributed by atoms with Gasteiger partial charge in [-0.1, -0.05) is 13.0 Å². The number of hydrogen-bond donors (Lipinski definition) is 3. The molecule has 0 saturated carbocycles. The van der Waals surface area contributed by atoms with E-state index in [1.165, 1.54) is 4.88 Å². The molecule has 0 aromatic carbocycles. The van der Waals surface area contributed by atoms with Gasteiger partial charge in [0.1, 0.15) is 0 Å². The van der Waals surface area contributed by atoms with Crippen molar-refractivity contribution in [2.75, 3.05) is 39.3 Å². The topological polar surface area (TPSA) is 59.9 Å². The molecule has 0 bridgehead atoms. The first-order valence-corrected chi connectivity index (χ1v) is 10.5. The van der Waals surface area contributed by atoms with Crippen molar-refractivity contribution in [1.82, 2.24) is 15.5 Å². The van der Waals surface area contributed by atoms with Crippen LogP contribution in [0.3, 0.4) is 0 Å². The number of guanidine groups is 1. The molecule has 5 nitrogen and oxygen atoms in total. The van der Waals surface area contributed by atoms with E-state index in [1.54, 1.807) is 0 Å². The Labute approximate surface area is 156 Å². The highest BCUT2D eigenvalue weighted by atomic mass is 32.1. The van der Waals surface area contributed by atoms with E-state index in [4.69, 9.17) is 4.99 Å². The molecule has 1 aromatic rings. The van der Waals surface area contributed by atoms with E-state index < -0.39 is 0 Å². The minimum Gasteiger partial charge on any atom is -0.393 e. The molecule has 25 heavy (non-hydrogen) atoms. The van der Waals surface area contributed by atoms with Crippen molar-refractivity contribution in [3.05, 3.63) is 22.4 Å². The average molecular weight is 367 g/mol. The van der Waals surface area contributed by atoms with E-state index in [0.717, 1.165) is 70.9 Å². The fourth-order valence-electron chi connectivity index (χ4n) is 3.08. The van der Waals surface area contributed by atoms with Crippen molar-refractivity contribution in [2.24, 2.45) is 10.9 Å². The van der Waals surface area contributed by atoms with Crippen LogP contribution in [0.2, 0.25) is 0 Å². The maximum absolute atomic E-state index is 9.55. The summed E-state index contributed by atoms with van der Waals surface area (Å²) >= 11 is 1.83. The second-order valence-corrected chi connectivity index (χ2v) is 7.99. The number of piperidine rings is 1. The van der Waals surface area contributed by atoms with Gasteiger partial charge < -0.3 is 20.6 Å². The zero-order chi connectivity index (χ0) is 17.9. The van der Waals surface area contributed by atoms with Crippen LogP contribution in [-0.2, 0) is 6.42 Å². The Bertz CT molecular complexity index is 484. The van der Waals surface area contributed by atoms with Gasteiger partial charge in [-0.2, -0.15) is 0 Å². The highest BCUT2D eigenvalue weighted by Gasteiger charge is 2.16. The van der Waals surface area contributed by atoms with Crippen LogP contribution >= 0.6 is 11.3 Å². The molecule has 1 fully saturated rings. The van der Waals surface area contributed by atoms with Crippen LogP contribution in [0.5, 0.6) is 0 Å². The van der Waals surface area contributed by atoms with Crippen LogP contribution in [0.4, 0.5) is 0 Å². The van der Waals surface area contributed by atoms with Gasteiger partial charge in [-0.25, -0.2) is 0 Å². The predicted octanol–water partition coefficient (Wildman–Crippen LogP) is 2.33. The standard InChI is InChI=1S/C19H34N4OS/c1-3-20-19(22-15-16(2)14-18-6-4-13-25-18)21-9-5-10-23-11-7-17(24)8-12-23/h4,6,13,16-17,24H,3,5,7-12,14-15H2,1-2H3,(H2,20,21,22). The number of thiophene rings is 1. The molecule has 1 aromatic heterocycles. The lowest BCUT2D eigenvalue weighted by atomic mass is 10.1. The van der Waals surface area contributed by atoms with Gasteiger partial charge in [0.25, 0.3) is 0 Å². The Balaban J connectivity index is 1.64. The molecule has 1 saturated heterocycles. The first kappa shape index (κ1) is 20.2. The Morgan fingerprint density at radius 2 is 2.20 bits per heavy atom. The molecule has 1 aliphatic heterocycles. The molecule has 2 heterocycles. The van der Waals surface area contributed by atoms with Gasteiger partial charge in [-0.15, -0.1) is 11.3 Å². The molecule has 0 amide bonds. The van der Waals surface area contributed by atoms with E-state index in [0.29, 0.717) is 5.92 Å². The van der Waals surface area contributed by atoms with Crippen LogP contribution in [-0.4, -0.2) is 61.3 Å². The van der Waals surface area contributed by atoms with Gasteiger partial charge in [0.05, 0.1) is 6.10 Å². The Hall–Kier alpha value is -1.11. The minimum absolute atomic E-state index is 0.0852. The number of rotatable bonds is 9. The van der Waals surface area contributed by atoms with Gasteiger partial charge in [-0.05, 0) is 56.5 Å². The molecule has 0 spiro atoms. The number of nitrogens with zero attached hydrogens (tertiary/aromatic N) is 2. The number of nitrogens with one attached hydrogen (secondary N) is 2. The third-order valence-electron chi connectivity index (χ3n) is 4.54. The van der Waals surface area contributed by atoms with Crippen molar-refractivity contribution < 1.29 is 5.11 Å². The fraction of sp³-hybridized carbons (Fsp3) is 0.737.